The van der Waals surface area contributed by atoms with Gasteiger partial charge in [-0.15, -0.1) is 0 Å². The first-order valence-electron chi connectivity index (χ1n) is 2.66. The Morgan fingerprint density at radius 1 is 1.38 bits per heavy atom. The average molecular weight is 106 g/mol. The monoisotopic (exact) mass is 106 g/mol. The van der Waals surface area contributed by atoms with Gasteiger partial charge in [-0.3, -0.25) is 0 Å². The lowest BCUT2D eigenvalue weighted by Crippen LogP contribution is -1.95. The number of aliphatic hydroxyl groups is 1. The molecule has 0 aliphatic heterocycles. The standard InChI is InChI=1S/C7H6O/c8-4-6-3-5-1-2-7(5)6/h1-3,8H,4H2. The Hall–Kier alpha value is -0.820. The zero-order valence-corrected chi connectivity index (χ0v) is 4.39. The maximum absolute atomic E-state index is 8.57. The highest BCUT2D eigenvalue weighted by Crippen LogP contribution is 2.14. The van der Waals surface area contributed by atoms with E-state index in [4.69, 9.17) is 5.11 Å². The van der Waals surface area contributed by atoms with Gasteiger partial charge >= 0.3 is 0 Å². The van der Waals surface area contributed by atoms with Gasteiger partial charge in [-0.05, 0) is 22.1 Å². The van der Waals surface area contributed by atoms with E-state index in [1.54, 1.807) is 0 Å². The second-order valence-corrected chi connectivity index (χ2v) is 2.03. The first-order chi connectivity index (χ1) is 3.92. The quantitative estimate of drug-likeness (QED) is 0.569. The molecule has 0 amide bonds. The van der Waals surface area contributed by atoms with Crippen LogP contribution in [0.4, 0.5) is 0 Å². The van der Waals surface area contributed by atoms with Crippen molar-refractivity contribution in [2.75, 3.05) is 0 Å². The molecule has 2 aliphatic carbocycles. The normalized spacial score (nSPS) is 11.6. The lowest BCUT2D eigenvalue weighted by molar-refractivity contribution is 0.279. The maximum atomic E-state index is 8.57. The molecule has 0 atom stereocenters. The second-order valence-electron chi connectivity index (χ2n) is 2.03. The number of hydrogen-bond donors (Lipinski definition) is 1. The van der Waals surface area contributed by atoms with Crippen LogP contribution in [-0.4, -0.2) is 5.11 Å². The molecule has 0 unspecified atom stereocenters. The Kier molecular flexibility index (Phi) is 0.573. The van der Waals surface area contributed by atoms with Crippen LogP contribution < -0.4 is 0 Å². The smallest absolute Gasteiger partial charge is 0.0688 e. The molecule has 0 saturated carbocycles. The minimum absolute atomic E-state index is 0.198. The van der Waals surface area contributed by atoms with Crippen molar-refractivity contribution in [3.8, 4) is 0 Å². The first-order valence-corrected chi connectivity index (χ1v) is 2.66. The number of aliphatic hydroxyl groups excluding tert-OH is 1. The Labute approximate surface area is 46.9 Å². The summed E-state index contributed by atoms with van der Waals surface area (Å²) < 4.78 is 0. The number of hydrogen-bond acceptors (Lipinski definition) is 1. The van der Waals surface area contributed by atoms with E-state index in [9.17, 15) is 0 Å². The van der Waals surface area contributed by atoms with Crippen LogP contribution in [0.5, 0.6) is 0 Å². The molecular formula is C7H6O. The summed E-state index contributed by atoms with van der Waals surface area (Å²) in [6.07, 6.45) is 0. The van der Waals surface area contributed by atoms with Gasteiger partial charge in [0.1, 0.15) is 0 Å². The molecule has 2 rings (SSSR count). The van der Waals surface area contributed by atoms with E-state index in [2.05, 4.69) is 6.07 Å². The highest BCUT2D eigenvalue weighted by Gasteiger charge is 2.02. The zero-order chi connectivity index (χ0) is 5.56. The third-order valence-electron chi connectivity index (χ3n) is 1.59. The summed E-state index contributed by atoms with van der Waals surface area (Å²) in [5.74, 6) is 0. The molecule has 2 aliphatic rings. The van der Waals surface area contributed by atoms with Gasteiger partial charge in [0, 0.05) is 0 Å². The highest BCUT2D eigenvalue weighted by molar-refractivity contribution is 5.32. The summed E-state index contributed by atoms with van der Waals surface area (Å²) in [4.78, 5) is 0. The van der Waals surface area contributed by atoms with Crippen molar-refractivity contribution >= 4 is 0 Å². The van der Waals surface area contributed by atoms with E-state index in [1.165, 1.54) is 10.4 Å². The van der Waals surface area contributed by atoms with E-state index in [-0.39, 0.29) is 6.61 Å². The highest BCUT2D eigenvalue weighted by atomic mass is 16.3. The van der Waals surface area contributed by atoms with Crippen LogP contribution in [0.3, 0.4) is 0 Å². The van der Waals surface area contributed by atoms with E-state index in [0.717, 1.165) is 5.56 Å². The second kappa shape index (κ2) is 1.12. The molecule has 0 heterocycles. The molecule has 1 nitrogen and oxygen atoms in total. The fourth-order valence-electron chi connectivity index (χ4n) is 1.000. The molecule has 1 N–H and O–H groups in total. The molecule has 0 bridgehead atoms. The van der Waals surface area contributed by atoms with Gasteiger partial charge in [0.15, 0.2) is 0 Å². The molecule has 0 spiro atoms. The molecule has 0 aromatic carbocycles. The summed E-state index contributed by atoms with van der Waals surface area (Å²) in [6.45, 7) is 0.198. The molecule has 0 radical (unpaired) electrons. The van der Waals surface area contributed by atoms with Crippen molar-refractivity contribution in [2.45, 2.75) is 6.61 Å². The lowest BCUT2D eigenvalue weighted by atomic mass is 10.0. The number of benzene rings is 1. The minimum Gasteiger partial charge on any atom is -0.392 e. The van der Waals surface area contributed by atoms with Crippen LogP contribution in [0.15, 0.2) is 18.2 Å². The van der Waals surface area contributed by atoms with Gasteiger partial charge in [-0.25, -0.2) is 0 Å². The third kappa shape index (κ3) is 0.274. The Morgan fingerprint density at radius 3 is 2.38 bits per heavy atom. The number of rotatable bonds is 1. The molecule has 40 valence electrons. The Morgan fingerprint density at radius 2 is 2.25 bits per heavy atom. The molecule has 0 aromatic rings. The van der Waals surface area contributed by atoms with Gasteiger partial charge in [-0.1, -0.05) is 12.1 Å². The summed E-state index contributed by atoms with van der Waals surface area (Å²) >= 11 is 0. The van der Waals surface area contributed by atoms with E-state index < -0.39 is 0 Å². The topological polar surface area (TPSA) is 20.2 Å². The van der Waals surface area contributed by atoms with E-state index in [0.29, 0.717) is 0 Å². The molecule has 0 aromatic heterocycles. The summed E-state index contributed by atoms with van der Waals surface area (Å²) in [7, 11) is 0. The Bertz CT molecular complexity index is 301. The largest absolute Gasteiger partial charge is 0.392 e. The first kappa shape index (κ1) is 4.10. The average Bonchev–Trinajstić information content (AvgIpc) is 1.76. The fraction of sp³-hybridized carbons (Fsp3) is 0.143. The Balaban J connectivity index is 2.63. The van der Waals surface area contributed by atoms with E-state index >= 15 is 0 Å². The van der Waals surface area contributed by atoms with Crippen molar-refractivity contribution < 1.29 is 5.11 Å². The van der Waals surface area contributed by atoms with Gasteiger partial charge < -0.3 is 5.11 Å². The van der Waals surface area contributed by atoms with Gasteiger partial charge in [0.05, 0.1) is 6.61 Å². The molecule has 8 heavy (non-hydrogen) atoms. The van der Waals surface area contributed by atoms with Gasteiger partial charge in [0.25, 0.3) is 0 Å². The van der Waals surface area contributed by atoms with Crippen LogP contribution in [0.1, 0.15) is 5.56 Å². The van der Waals surface area contributed by atoms with Gasteiger partial charge in [0.2, 0.25) is 0 Å². The van der Waals surface area contributed by atoms with Crippen LogP contribution in [-0.2, 0) is 6.61 Å². The molecule has 1 heteroatoms. The van der Waals surface area contributed by atoms with Crippen molar-refractivity contribution in [1.82, 2.24) is 0 Å². The maximum Gasteiger partial charge on any atom is 0.0688 e. The minimum atomic E-state index is 0.198. The van der Waals surface area contributed by atoms with Crippen LogP contribution in [0.2, 0.25) is 0 Å². The van der Waals surface area contributed by atoms with Crippen molar-refractivity contribution in [3.05, 3.63) is 34.2 Å². The third-order valence-corrected chi connectivity index (χ3v) is 1.59. The zero-order valence-electron chi connectivity index (χ0n) is 4.39. The predicted octanol–water partition coefficient (Wildman–Crippen LogP) is 0.779. The van der Waals surface area contributed by atoms with Crippen LogP contribution >= 0.6 is 0 Å². The van der Waals surface area contributed by atoms with Crippen molar-refractivity contribution in [3.63, 3.8) is 0 Å². The predicted molar refractivity (Wildman–Crippen MR) is 30.0 cm³/mol. The molecular weight excluding hydrogens is 100 g/mol. The van der Waals surface area contributed by atoms with Crippen molar-refractivity contribution in [1.29, 1.82) is 0 Å². The summed E-state index contributed by atoms with van der Waals surface area (Å²) in [6, 6.07) is 6.09. The molecule has 0 fully saturated rings. The van der Waals surface area contributed by atoms with Crippen LogP contribution in [0.25, 0.3) is 0 Å². The van der Waals surface area contributed by atoms with Crippen LogP contribution in [0, 0.1) is 10.4 Å². The van der Waals surface area contributed by atoms with Gasteiger partial charge in [-0.2, -0.15) is 0 Å². The summed E-state index contributed by atoms with van der Waals surface area (Å²) in [5, 5.41) is 11.1. The lowest BCUT2D eigenvalue weighted by Gasteiger charge is -2.06. The summed E-state index contributed by atoms with van der Waals surface area (Å²) in [5.41, 5.74) is 1.09. The SMILES string of the molecule is OCc1cc2ccc1=2. The van der Waals surface area contributed by atoms with E-state index in [1.807, 2.05) is 12.1 Å². The fourth-order valence-corrected chi connectivity index (χ4v) is 1.000. The molecule has 0 saturated heterocycles. The van der Waals surface area contributed by atoms with Crippen molar-refractivity contribution in [2.24, 2.45) is 0 Å².